The van der Waals surface area contributed by atoms with Gasteiger partial charge in [-0.1, -0.05) is 33.6 Å². The summed E-state index contributed by atoms with van der Waals surface area (Å²) in [6.45, 7) is 19.5. The first-order valence-electron chi connectivity index (χ1n) is 10.6. The fourth-order valence-electron chi connectivity index (χ4n) is 3.78. The van der Waals surface area contributed by atoms with Crippen molar-refractivity contribution in [3.8, 4) is 6.07 Å². The Kier molecular flexibility index (Phi) is 7.52. The average molecular weight is 473 g/mol. The minimum Gasteiger partial charge on any atom is -0.388 e. The average Bonchev–Trinajstić information content (AvgIpc) is 2.97. The van der Waals surface area contributed by atoms with Crippen molar-refractivity contribution in [1.82, 2.24) is 5.32 Å². The molecule has 3 rings (SSSR count). The molecule has 8 heteroatoms. The number of nitrogens with zero attached hydrogens (tertiary/aromatic N) is 3. The molecule has 0 spiro atoms. The van der Waals surface area contributed by atoms with Gasteiger partial charge in [-0.3, -0.25) is 4.90 Å². The molecule has 1 heterocycles. The van der Waals surface area contributed by atoms with Gasteiger partial charge in [0.1, 0.15) is 11.6 Å². The van der Waals surface area contributed by atoms with Gasteiger partial charge in [-0.15, -0.1) is 0 Å². The van der Waals surface area contributed by atoms with Crippen LogP contribution in [-0.4, -0.2) is 12.6 Å². The summed E-state index contributed by atoms with van der Waals surface area (Å²) >= 11 is 0. The summed E-state index contributed by atoms with van der Waals surface area (Å²) in [5.41, 5.74) is -0.568. The molecule has 1 N–H and O–H groups in total. The number of alkyl halides is 3. The Morgan fingerprint density at radius 2 is 1.65 bits per heavy atom. The van der Waals surface area contributed by atoms with E-state index in [1.54, 1.807) is 30.1 Å². The van der Waals surface area contributed by atoms with E-state index in [4.69, 9.17) is 5.26 Å². The van der Waals surface area contributed by atoms with Crippen LogP contribution in [0.4, 0.5) is 28.9 Å². The predicted molar refractivity (Wildman–Crippen MR) is 129 cm³/mol. The van der Waals surface area contributed by atoms with Crippen molar-refractivity contribution < 1.29 is 17.6 Å². The van der Waals surface area contributed by atoms with Crippen molar-refractivity contribution in [2.24, 2.45) is 0 Å². The van der Waals surface area contributed by atoms with Crippen molar-refractivity contribution in [3.05, 3.63) is 90.2 Å². The predicted octanol–water partition coefficient (Wildman–Crippen LogP) is 7.02. The van der Waals surface area contributed by atoms with Crippen LogP contribution in [0.5, 0.6) is 0 Å². The summed E-state index contributed by atoms with van der Waals surface area (Å²) in [5, 5.41) is 11.9. The van der Waals surface area contributed by atoms with E-state index in [0.29, 0.717) is 28.5 Å². The van der Waals surface area contributed by atoms with E-state index in [-0.39, 0.29) is 5.69 Å². The molecule has 34 heavy (non-hydrogen) atoms. The molecule has 0 aliphatic carbocycles. The lowest BCUT2D eigenvalue weighted by Gasteiger charge is -2.32. The number of rotatable bonds is 4. The molecule has 1 fully saturated rings. The van der Waals surface area contributed by atoms with Gasteiger partial charge in [0.2, 0.25) is 0 Å². The molecule has 180 valence electrons. The number of nitrogens with one attached hydrogen (secondary N) is 1. The fraction of sp³-hybridized carbons (Fsp3) is 0.269. The van der Waals surface area contributed by atoms with Crippen LogP contribution < -0.4 is 15.1 Å². The highest BCUT2D eigenvalue weighted by molar-refractivity contribution is 5.75. The molecule has 0 atom stereocenters. The van der Waals surface area contributed by atoms with Gasteiger partial charge >= 0.3 is 6.18 Å². The molecule has 1 saturated heterocycles. The lowest BCUT2D eigenvalue weighted by atomic mass is 9.99. The normalized spacial score (nSPS) is 14.9. The molecule has 4 nitrogen and oxygen atoms in total. The number of halogens is 4. The molecule has 1 aliphatic rings. The Bertz CT molecular complexity index is 1170. The molecular weight excluding hydrogens is 444 g/mol. The van der Waals surface area contributed by atoms with Gasteiger partial charge in [0.15, 0.2) is 0 Å². The third kappa shape index (κ3) is 4.51. The van der Waals surface area contributed by atoms with Crippen LogP contribution in [0.25, 0.3) is 5.70 Å². The van der Waals surface area contributed by atoms with Crippen molar-refractivity contribution in [1.29, 1.82) is 5.26 Å². The molecule has 0 saturated carbocycles. The second-order valence-corrected chi connectivity index (χ2v) is 7.82. The Labute approximate surface area is 198 Å². The number of hydrogen-bond donors (Lipinski definition) is 1. The first-order valence-corrected chi connectivity index (χ1v) is 10.6. The van der Waals surface area contributed by atoms with Crippen LogP contribution in [0, 0.1) is 17.1 Å². The van der Waals surface area contributed by atoms with E-state index in [0.717, 1.165) is 12.1 Å². The number of benzene rings is 2. The Hall–Kier alpha value is -3.73. The largest absolute Gasteiger partial charge is 0.417 e. The summed E-state index contributed by atoms with van der Waals surface area (Å²) in [5.74, 6) is -0.204. The second kappa shape index (κ2) is 9.64. The van der Waals surface area contributed by atoms with Crippen LogP contribution in [0.1, 0.15) is 44.4 Å². The van der Waals surface area contributed by atoms with Crippen LogP contribution in [0.3, 0.4) is 0 Å². The van der Waals surface area contributed by atoms with Crippen LogP contribution >= 0.6 is 0 Å². The lowest BCUT2D eigenvalue weighted by molar-refractivity contribution is -0.137. The lowest BCUT2D eigenvalue weighted by Crippen LogP contribution is -2.38. The Morgan fingerprint density at radius 3 is 2.15 bits per heavy atom. The molecule has 2 aromatic rings. The van der Waals surface area contributed by atoms with Gasteiger partial charge in [0.05, 0.1) is 22.7 Å². The molecule has 0 bridgehead atoms. The van der Waals surface area contributed by atoms with Crippen molar-refractivity contribution in [3.63, 3.8) is 0 Å². The van der Waals surface area contributed by atoms with E-state index in [9.17, 15) is 17.6 Å². The maximum Gasteiger partial charge on any atom is 0.417 e. The topological polar surface area (TPSA) is 42.3 Å². The Morgan fingerprint density at radius 1 is 1.06 bits per heavy atom. The highest BCUT2D eigenvalue weighted by Gasteiger charge is 2.45. The summed E-state index contributed by atoms with van der Waals surface area (Å²) in [7, 11) is 1.63. The molecule has 0 radical (unpaired) electrons. The van der Waals surface area contributed by atoms with E-state index in [2.05, 4.69) is 25.1 Å². The van der Waals surface area contributed by atoms with E-state index in [1.807, 2.05) is 27.7 Å². The van der Waals surface area contributed by atoms with E-state index >= 15 is 0 Å². The van der Waals surface area contributed by atoms with Gasteiger partial charge in [-0.05, 0) is 50.2 Å². The number of nitriles is 1. The van der Waals surface area contributed by atoms with Crippen LogP contribution in [0.2, 0.25) is 0 Å². The van der Waals surface area contributed by atoms with Crippen molar-refractivity contribution in [2.75, 3.05) is 16.8 Å². The zero-order valence-electron chi connectivity index (χ0n) is 19.9. The summed E-state index contributed by atoms with van der Waals surface area (Å²) in [6.07, 6.45) is -4.70. The molecule has 0 aromatic heterocycles. The maximum absolute atomic E-state index is 14.8. The zero-order valence-corrected chi connectivity index (χ0v) is 19.9. The van der Waals surface area contributed by atoms with E-state index < -0.39 is 28.7 Å². The maximum atomic E-state index is 14.8. The molecule has 2 aromatic carbocycles. The highest BCUT2D eigenvalue weighted by atomic mass is 19.4. The monoisotopic (exact) mass is 472 g/mol. The summed E-state index contributed by atoms with van der Waals surface area (Å²) in [6, 6.07) is 9.57. The Balaban J connectivity index is 0.00000199. The smallest absolute Gasteiger partial charge is 0.388 e. The van der Waals surface area contributed by atoms with Crippen molar-refractivity contribution >= 4 is 17.1 Å². The minimum absolute atomic E-state index is 0.155. The van der Waals surface area contributed by atoms with Gasteiger partial charge < -0.3 is 10.2 Å². The number of anilines is 2. The number of hydrogen-bond acceptors (Lipinski definition) is 4. The SMILES string of the molecule is C=C(NC)c1ccc(N2C(=C)N(c3ccc(C#N)c(C(F)(F)F)c3)C(=C)C2(C)C)cc1F.CC. The summed E-state index contributed by atoms with van der Waals surface area (Å²) in [4.78, 5) is 3.19. The first kappa shape index (κ1) is 26.5. The van der Waals surface area contributed by atoms with Gasteiger partial charge in [-0.2, -0.15) is 18.4 Å². The minimum atomic E-state index is -4.70. The molecular formula is C26H28F4N4. The van der Waals surface area contributed by atoms with Gasteiger partial charge in [0, 0.05) is 35.4 Å². The summed E-state index contributed by atoms with van der Waals surface area (Å²) < 4.78 is 55.2. The third-order valence-corrected chi connectivity index (χ3v) is 5.58. The molecule has 1 aliphatic heterocycles. The highest BCUT2D eigenvalue weighted by Crippen LogP contribution is 2.46. The third-order valence-electron chi connectivity index (χ3n) is 5.58. The van der Waals surface area contributed by atoms with Crippen molar-refractivity contribution in [2.45, 2.75) is 39.4 Å². The van der Waals surface area contributed by atoms with Crippen LogP contribution in [-0.2, 0) is 6.18 Å². The first-order chi connectivity index (χ1) is 15.8. The van der Waals surface area contributed by atoms with Crippen LogP contribution in [0.15, 0.2) is 67.7 Å². The standard InChI is InChI=1S/C24H22F4N4.C2H6/c1-14(30-6)20-10-9-19(12-22(20)25)32-16(3)31(15(2)23(32,4)5)18-8-7-17(13-29)21(11-18)24(26,27)28;1-2/h7-12,30H,1-3H2,4-6H3;1-2H3. The van der Waals surface area contributed by atoms with E-state index in [1.165, 1.54) is 17.0 Å². The second-order valence-electron chi connectivity index (χ2n) is 7.82. The van der Waals surface area contributed by atoms with Gasteiger partial charge in [0.25, 0.3) is 0 Å². The molecule has 0 amide bonds. The quantitative estimate of drug-likeness (QED) is 0.486. The fourth-order valence-corrected chi connectivity index (χ4v) is 3.78. The molecule has 0 unspecified atom stereocenters. The van der Waals surface area contributed by atoms with Gasteiger partial charge in [-0.25, -0.2) is 4.39 Å². The zero-order chi connectivity index (χ0) is 26.0.